The van der Waals surface area contributed by atoms with Crippen LogP contribution in [0.25, 0.3) is 0 Å². The molecular formula is C13H17N3S. The summed E-state index contributed by atoms with van der Waals surface area (Å²) in [5.74, 6) is 0. The Morgan fingerprint density at radius 2 is 2.29 bits per heavy atom. The molecule has 1 aromatic rings. The van der Waals surface area contributed by atoms with Gasteiger partial charge in [0.1, 0.15) is 0 Å². The summed E-state index contributed by atoms with van der Waals surface area (Å²) in [7, 11) is 0. The molecule has 1 saturated carbocycles. The second-order valence-corrected chi connectivity index (χ2v) is 5.78. The molecule has 90 valence electrons. The molecule has 0 atom stereocenters. The molecule has 3 nitrogen and oxygen atoms in total. The fourth-order valence-electron chi connectivity index (χ4n) is 2.07. The third-order valence-corrected chi connectivity index (χ3v) is 4.90. The van der Waals surface area contributed by atoms with Crippen LogP contribution in [0, 0.1) is 11.3 Å². The summed E-state index contributed by atoms with van der Waals surface area (Å²) in [4.78, 5) is 0. The molecule has 0 heterocycles. The van der Waals surface area contributed by atoms with Crippen LogP contribution in [0.5, 0.6) is 0 Å². The summed E-state index contributed by atoms with van der Waals surface area (Å²) in [6, 6.07) is 7.49. The number of hydrogen-bond donors (Lipinski definition) is 2. The van der Waals surface area contributed by atoms with Crippen molar-refractivity contribution >= 4 is 23.1 Å². The Kier molecular flexibility index (Phi) is 3.49. The van der Waals surface area contributed by atoms with Gasteiger partial charge < -0.3 is 11.1 Å². The summed E-state index contributed by atoms with van der Waals surface area (Å²) < 4.78 is 0.389. The Balaban J connectivity index is 2.02. The molecule has 1 aliphatic carbocycles. The number of nitrogen functional groups attached to an aromatic ring is 1. The van der Waals surface area contributed by atoms with Gasteiger partial charge in [0, 0.05) is 11.3 Å². The average molecular weight is 247 g/mol. The van der Waals surface area contributed by atoms with Gasteiger partial charge in [0.25, 0.3) is 0 Å². The standard InChI is InChI=1S/C13H17N3S/c1-17-13(5-2-6-13)9-16-12-4-3-10(8-14)7-11(12)15/h3-4,7,16H,2,5-6,9,15H2,1H3. The monoisotopic (exact) mass is 247 g/mol. The van der Waals surface area contributed by atoms with E-state index in [-0.39, 0.29) is 0 Å². The molecular weight excluding hydrogens is 230 g/mol. The van der Waals surface area contributed by atoms with Gasteiger partial charge in [-0.25, -0.2) is 0 Å². The van der Waals surface area contributed by atoms with Crippen LogP contribution in [0.1, 0.15) is 24.8 Å². The fraction of sp³-hybridized carbons (Fsp3) is 0.462. The van der Waals surface area contributed by atoms with E-state index < -0.39 is 0 Å². The zero-order valence-corrected chi connectivity index (χ0v) is 10.8. The van der Waals surface area contributed by atoms with Crippen LogP contribution in [0.2, 0.25) is 0 Å². The molecule has 4 heteroatoms. The van der Waals surface area contributed by atoms with Crippen LogP contribution in [0.15, 0.2) is 18.2 Å². The number of nitrogens with zero attached hydrogens (tertiary/aromatic N) is 1. The van der Waals surface area contributed by atoms with Gasteiger partial charge in [0.2, 0.25) is 0 Å². The zero-order chi connectivity index (χ0) is 12.3. The SMILES string of the molecule is CSC1(CNc2ccc(C#N)cc2N)CCC1. The molecule has 0 bridgehead atoms. The summed E-state index contributed by atoms with van der Waals surface area (Å²) in [6.07, 6.45) is 6.04. The van der Waals surface area contributed by atoms with Crippen molar-refractivity contribution in [2.45, 2.75) is 24.0 Å². The lowest BCUT2D eigenvalue weighted by atomic mass is 9.84. The van der Waals surface area contributed by atoms with Crippen LogP contribution < -0.4 is 11.1 Å². The van der Waals surface area contributed by atoms with E-state index in [1.807, 2.05) is 17.8 Å². The third-order valence-electron chi connectivity index (χ3n) is 3.48. The van der Waals surface area contributed by atoms with Crippen molar-refractivity contribution in [3.05, 3.63) is 23.8 Å². The minimum Gasteiger partial charge on any atom is -0.397 e. The first-order chi connectivity index (χ1) is 8.19. The van der Waals surface area contributed by atoms with Crippen LogP contribution in [0.3, 0.4) is 0 Å². The van der Waals surface area contributed by atoms with E-state index in [4.69, 9.17) is 11.0 Å². The Hall–Kier alpha value is -1.34. The quantitative estimate of drug-likeness (QED) is 0.803. The van der Waals surface area contributed by atoms with Crippen molar-refractivity contribution in [2.75, 3.05) is 23.9 Å². The van der Waals surface area contributed by atoms with Crippen molar-refractivity contribution < 1.29 is 0 Å². The second-order valence-electron chi connectivity index (χ2n) is 4.51. The highest BCUT2D eigenvalue weighted by atomic mass is 32.2. The molecule has 1 aliphatic rings. The smallest absolute Gasteiger partial charge is 0.0992 e. The molecule has 0 aliphatic heterocycles. The van der Waals surface area contributed by atoms with Gasteiger partial charge in [0.05, 0.1) is 23.0 Å². The molecule has 0 aromatic heterocycles. The average Bonchev–Trinajstić information content (AvgIpc) is 2.30. The van der Waals surface area contributed by atoms with E-state index in [2.05, 4.69) is 17.6 Å². The van der Waals surface area contributed by atoms with Crippen molar-refractivity contribution in [1.82, 2.24) is 0 Å². The van der Waals surface area contributed by atoms with E-state index in [9.17, 15) is 0 Å². The Morgan fingerprint density at radius 1 is 1.53 bits per heavy atom. The van der Waals surface area contributed by atoms with E-state index in [0.29, 0.717) is 16.0 Å². The van der Waals surface area contributed by atoms with Crippen molar-refractivity contribution in [3.8, 4) is 6.07 Å². The molecule has 17 heavy (non-hydrogen) atoms. The lowest BCUT2D eigenvalue weighted by molar-refractivity contribution is 0.380. The number of hydrogen-bond acceptors (Lipinski definition) is 4. The molecule has 1 aromatic carbocycles. The van der Waals surface area contributed by atoms with Gasteiger partial charge >= 0.3 is 0 Å². The van der Waals surface area contributed by atoms with Gasteiger partial charge in [-0.05, 0) is 37.3 Å². The number of nitrogens with two attached hydrogens (primary N) is 1. The molecule has 0 radical (unpaired) electrons. The predicted octanol–water partition coefficient (Wildman–Crippen LogP) is 2.84. The second kappa shape index (κ2) is 4.89. The van der Waals surface area contributed by atoms with Crippen LogP contribution >= 0.6 is 11.8 Å². The van der Waals surface area contributed by atoms with Crippen LogP contribution in [-0.4, -0.2) is 17.5 Å². The number of thioether (sulfide) groups is 1. The normalized spacial score (nSPS) is 16.9. The summed E-state index contributed by atoms with van der Waals surface area (Å²) in [5, 5.41) is 12.2. The number of nitrogens with one attached hydrogen (secondary N) is 1. The minimum absolute atomic E-state index is 0.389. The first kappa shape index (κ1) is 12.1. The maximum atomic E-state index is 8.77. The highest BCUT2D eigenvalue weighted by Gasteiger charge is 2.35. The zero-order valence-electron chi connectivity index (χ0n) is 9.99. The molecule has 1 fully saturated rings. The Labute approximate surface area is 106 Å². The lowest BCUT2D eigenvalue weighted by Crippen LogP contribution is -2.40. The molecule has 0 saturated heterocycles. The van der Waals surface area contributed by atoms with E-state index in [1.54, 1.807) is 12.1 Å². The van der Waals surface area contributed by atoms with E-state index in [0.717, 1.165) is 12.2 Å². The first-order valence-electron chi connectivity index (χ1n) is 5.78. The van der Waals surface area contributed by atoms with Crippen molar-refractivity contribution in [2.24, 2.45) is 0 Å². The van der Waals surface area contributed by atoms with Gasteiger partial charge in [-0.15, -0.1) is 0 Å². The topological polar surface area (TPSA) is 61.8 Å². The summed E-state index contributed by atoms with van der Waals surface area (Å²) >= 11 is 1.94. The molecule has 3 N–H and O–H groups in total. The van der Waals surface area contributed by atoms with Gasteiger partial charge in [-0.1, -0.05) is 6.42 Å². The van der Waals surface area contributed by atoms with Crippen molar-refractivity contribution in [3.63, 3.8) is 0 Å². The Bertz CT molecular complexity index is 441. The number of nitriles is 1. The fourth-order valence-corrected chi connectivity index (χ4v) is 2.99. The summed E-state index contributed by atoms with van der Waals surface area (Å²) in [5.41, 5.74) is 8.10. The largest absolute Gasteiger partial charge is 0.397 e. The molecule has 0 amide bonds. The van der Waals surface area contributed by atoms with E-state index >= 15 is 0 Å². The van der Waals surface area contributed by atoms with Crippen molar-refractivity contribution in [1.29, 1.82) is 5.26 Å². The van der Waals surface area contributed by atoms with Crippen LogP contribution in [0.4, 0.5) is 11.4 Å². The molecule has 0 unspecified atom stereocenters. The highest BCUT2D eigenvalue weighted by molar-refractivity contribution is 8.00. The predicted molar refractivity (Wildman–Crippen MR) is 74.2 cm³/mol. The highest BCUT2D eigenvalue weighted by Crippen LogP contribution is 2.42. The third kappa shape index (κ3) is 2.50. The lowest BCUT2D eigenvalue weighted by Gasteiger charge is -2.40. The molecule has 0 spiro atoms. The van der Waals surface area contributed by atoms with Gasteiger partial charge in [-0.3, -0.25) is 0 Å². The molecule has 2 rings (SSSR count). The van der Waals surface area contributed by atoms with Crippen LogP contribution in [-0.2, 0) is 0 Å². The Morgan fingerprint density at radius 3 is 2.76 bits per heavy atom. The number of benzene rings is 1. The van der Waals surface area contributed by atoms with Gasteiger partial charge in [0.15, 0.2) is 0 Å². The van der Waals surface area contributed by atoms with Gasteiger partial charge in [-0.2, -0.15) is 17.0 Å². The van der Waals surface area contributed by atoms with E-state index in [1.165, 1.54) is 19.3 Å². The summed E-state index contributed by atoms with van der Waals surface area (Å²) in [6.45, 7) is 0.949. The minimum atomic E-state index is 0.389. The number of rotatable bonds is 4. The maximum Gasteiger partial charge on any atom is 0.0992 e. The number of anilines is 2. The maximum absolute atomic E-state index is 8.77. The first-order valence-corrected chi connectivity index (χ1v) is 7.00.